The molecule has 1 atom stereocenters. The van der Waals surface area contributed by atoms with Crippen LogP contribution < -0.4 is 5.32 Å². The molecule has 3 nitrogen and oxygen atoms in total. The molecule has 1 aliphatic heterocycles. The van der Waals surface area contributed by atoms with E-state index in [-0.39, 0.29) is 0 Å². The van der Waals surface area contributed by atoms with E-state index in [2.05, 4.69) is 11.9 Å². The van der Waals surface area contributed by atoms with Crippen LogP contribution >= 0.6 is 0 Å². The van der Waals surface area contributed by atoms with Gasteiger partial charge in [-0.3, -0.25) is 0 Å². The minimum absolute atomic E-state index is 0.529. The molecule has 0 aromatic heterocycles. The van der Waals surface area contributed by atoms with Crippen LogP contribution in [0.2, 0.25) is 0 Å². The minimum Gasteiger partial charge on any atom is -0.378 e. The van der Waals surface area contributed by atoms with E-state index >= 15 is 0 Å². The van der Waals surface area contributed by atoms with Gasteiger partial charge in [0.2, 0.25) is 0 Å². The zero-order valence-corrected chi connectivity index (χ0v) is 10.5. The van der Waals surface area contributed by atoms with Crippen molar-refractivity contribution in [3.8, 4) is 0 Å². The Balaban J connectivity index is 1.76. The predicted octanol–water partition coefficient (Wildman–Crippen LogP) is 2.13. The molecule has 1 N–H and O–H groups in total. The van der Waals surface area contributed by atoms with Crippen molar-refractivity contribution in [3.63, 3.8) is 0 Å². The summed E-state index contributed by atoms with van der Waals surface area (Å²) in [6, 6.07) is 0. The van der Waals surface area contributed by atoms with Gasteiger partial charge in [-0.1, -0.05) is 12.2 Å². The number of hydrogen-bond acceptors (Lipinski definition) is 3. The molecule has 1 aliphatic rings. The van der Waals surface area contributed by atoms with Crippen LogP contribution in [0.1, 0.15) is 32.6 Å². The highest BCUT2D eigenvalue weighted by Gasteiger charge is 2.13. The third-order valence-electron chi connectivity index (χ3n) is 2.68. The van der Waals surface area contributed by atoms with Crippen molar-refractivity contribution < 1.29 is 9.47 Å². The van der Waals surface area contributed by atoms with Gasteiger partial charge < -0.3 is 14.8 Å². The van der Waals surface area contributed by atoms with Gasteiger partial charge in [-0.2, -0.15) is 0 Å². The van der Waals surface area contributed by atoms with Crippen molar-refractivity contribution >= 4 is 0 Å². The van der Waals surface area contributed by atoms with E-state index in [1.54, 1.807) is 0 Å². The Hall–Kier alpha value is -0.380. The molecular formula is C13H25NO2. The summed E-state index contributed by atoms with van der Waals surface area (Å²) >= 11 is 0. The Morgan fingerprint density at radius 3 is 3.06 bits per heavy atom. The van der Waals surface area contributed by atoms with Crippen molar-refractivity contribution in [1.82, 2.24) is 5.32 Å². The molecule has 0 aromatic carbocycles. The molecule has 0 saturated carbocycles. The average Bonchev–Trinajstić information content (AvgIpc) is 2.74. The molecule has 0 radical (unpaired) electrons. The predicted molar refractivity (Wildman–Crippen MR) is 66.7 cm³/mol. The van der Waals surface area contributed by atoms with E-state index in [4.69, 9.17) is 9.47 Å². The first-order chi connectivity index (χ1) is 7.79. The Morgan fingerprint density at radius 2 is 2.38 bits per heavy atom. The summed E-state index contributed by atoms with van der Waals surface area (Å²) in [5.41, 5.74) is 1.08. The molecule has 0 bridgehead atoms. The first-order valence-corrected chi connectivity index (χ1v) is 6.33. The summed E-state index contributed by atoms with van der Waals surface area (Å²) in [6.07, 6.45) is 5.42. The van der Waals surface area contributed by atoms with Crippen LogP contribution in [0.3, 0.4) is 0 Å². The lowest BCUT2D eigenvalue weighted by molar-refractivity contribution is 0.102. The second-order valence-electron chi connectivity index (χ2n) is 4.54. The van der Waals surface area contributed by atoms with E-state index in [9.17, 15) is 0 Å². The number of nitrogens with one attached hydrogen (secondary N) is 1. The smallest absolute Gasteiger partial charge is 0.0672 e. The van der Waals surface area contributed by atoms with Crippen LogP contribution in [0, 0.1) is 0 Å². The Bertz CT molecular complexity index is 188. The summed E-state index contributed by atoms with van der Waals surface area (Å²) in [4.78, 5) is 0. The molecule has 1 heterocycles. The van der Waals surface area contributed by atoms with Crippen molar-refractivity contribution in [3.05, 3.63) is 12.2 Å². The monoisotopic (exact) mass is 227 g/mol. The van der Waals surface area contributed by atoms with Crippen molar-refractivity contribution in [2.75, 3.05) is 32.9 Å². The van der Waals surface area contributed by atoms with Crippen molar-refractivity contribution in [1.29, 1.82) is 0 Å². The first kappa shape index (κ1) is 13.7. The molecule has 0 amide bonds. The highest BCUT2D eigenvalue weighted by molar-refractivity contribution is 4.87. The van der Waals surface area contributed by atoms with Gasteiger partial charge in [0.25, 0.3) is 0 Å². The van der Waals surface area contributed by atoms with Gasteiger partial charge in [-0.25, -0.2) is 0 Å². The van der Waals surface area contributed by atoms with Crippen LogP contribution in [0.15, 0.2) is 12.2 Å². The van der Waals surface area contributed by atoms with Gasteiger partial charge in [0.1, 0.15) is 0 Å². The fourth-order valence-electron chi connectivity index (χ4n) is 1.84. The summed E-state index contributed by atoms with van der Waals surface area (Å²) in [6.45, 7) is 10.2. The lowest BCUT2D eigenvalue weighted by atomic mass is 10.1. The molecular weight excluding hydrogens is 202 g/mol. The lowest BCUT2D eigenvalue weighted by Gasteiger charge is -2.09. The number of hydrogen-bond donors (Lipinski definition) is 1. The molecule has 1 rings (SSSR count). The van der Waals surface area contributed by atoms with E-state index in [0.717, 1.165) is 31.9 Å². The summed E-state index contributed by atoms with van der Waals surface area (Å²) in [5, 5.41) is 3.37. The first-order valence-electron chi connectivity index (χ1n) is 6.33. The van der Waals surface area contributed by atoms with Crippen molar-refractivity contribution in [2.24, 2.45) is 0 Å². The second kappa shape index (κ2) is 8.74. The fraction of sp³-hybridized carbons (Fsp3) is 0.846. The highest BCUT2D eigenvalue weighted by atomic mass is 16.5. The van der Waals surface area contributed by atoms with Gasteiger partial charge in [0, 0.05) is 13.2 Å². The average molecular weight is 227 g/mol. The van der Waals surface area contributed by atoms with Crippen LogP contribution in [0.25, 0.3) is 0 Å². The van der Waals surface area contributed by atoms with E-state index < -0.39 is 0 Å². The third kappa shape index (κ3) is 6.99. The molecule has 1 saturated heterocycles. The van der Waals surface area contributed by atoms with Crippen LogP contribution in [-0.4, -0.2) is 39.0 Å². The maximum absolute atomic E-state index is 5.56. The van der Waals surface area contributed by atoms with Gasteiger partial charge in [0.15, 0.2) is 0 Å². The normalized spacial score (nSPS) is 20.2. The van der Waals surface area contributed by atoms with Gasteiger partial charge in [-0.05, 0) is 39.2 Å². The second-order valence-corrected chi connectivity index (χ2v) is 4.54. The zero-order chi connectivity index (χ0) is 11.6. The highest BCUT2D eigenvalue weighted by Crippen LogP contribution is 2.16. The lowest BCUT2D eigenvalue weighted by Crippen LogP contribution is -2.22. The molecule has 3 heteroatoms. The van der Waals surface area contributed by atoms with Gasteiger partial charge in [0.05, 0.1) is 19.3 Å². The summed E-state index contributed by atoms with van der Waals surface area (Å²) in [7, 11) is 0. The molecule has 94 valence electrons. The summed E-state index contributed by atoms with van der Waals surface area (Å²) < 4.78 is 11.0. The summed E-state index contributed by atoms with van der Waals surface area (Å²) in [5.74, 6) is 0. The SMILES string of the molecule is C=C(C)COCCNCCCC1CCCO1. The quantitative estimate of drug-likeness (QED) is 0.483. The fourth-order valence-corrected chi connectivity index (χ4v) is 1.84. The van der Waals surface area contributed by atoms with E-state index in [1.165, 1.54) is 25.7 Å². The van der Waals surface area contributed by atoms with Crippen molar-refractivity contribution in [2.45, 2.75) is 38.7 Å². The number of rotatable bonds is 9. The topological polar surface area (TPSA) is 30.5 Å². The zero-order valence-electron chi connectivity index (χ0n) is 10.5. The molecule has 0 aromatic rings. The molecule has 1 fully saturated rings. The Kier molecular flexibility index (Phi) is 7.47. The maximum atomic E-state index is 5.56. The third-order valence-corrected chi connectivity index (χ3v) is 2.68. The molecule has 0 aliphatic carbocycles. The van der Waals surface area contributed by atoms with Gasteiger partial charge in [-0.15, -0.1) is 0 Å². The Morgan fingerprint density at radius 1 is 1.50 bits per heavy atom. The largest absolute Gasteiger partial charge is 0.378 e. The number of ether oxygens (including phenoxy) is 2. The Labute approximate surface area is 99.2 Å². The minimum atomic E-state index is 0.529. The standard InChI is InChI=1S/C13H25NO2/c1-12(2)11-15-10-8-14-7-3-5-13-6-4-9-16-13/h13-14H,1,3-11H2,2H3. The molecule has 16 heavy (non-hydrogen) atoms. The van der Waals surface area contributed by atoms with Crippen LogP contribution in [0.4, 0.5) is 0 Å². The van der Waals surface area contributed by atoms with E-state index in [1.807, 2.05) is 6.92 Å². The van der Waals surface area contributed by atoms with Crippen LogP contribution in [-0.2, 0) is 9.47 Å². The van der Waals surface area contributed by atoms with Crippen LogP contribution in [0.5, 0.6) is 0 Å². The molecule has 1 unspecified atom stereocenters. The van der Waals surface area contributed by atoms with Gasteiger partial charge >= 0.3 is 0 Å². The molecule has 0 spiro atoms. The maximum Gasteiger partial charge on any atom is 0.0672 e. The van der Waals surface area contributed by atoms with E-state index in [0.29, 0.717) is 12.7 Å².